The number of aromatic nitrogens is 2. The molecule has 1 unspecified atom stereocenters. The van der Waals surface area contributed by atoms with E-state index in [4.69, 9.17) is 0 Å². The second-order valence-electron chi connectivity index (χ2n) is 7.05. The number of thiazole rings is 1. The van der Waals surface area contributed by atoms with Crippen LogP contribution in [0.4, 0.5) is 0 Å². The molecule has 1 aromatic carbocycles. The van der Waals surface area contributed by atoms with Gasteiger partial charge in [0.1, 0.15) is 9.88 Å². The zero-order valence-corrected chi connectivity index (χ0v) is 16.2. The largest absolute Gasteiger partial charge is 0.344 e. The highest BCUT2D eigenvalue weighted by Gasteiger charge is 2.29. The molecule has 5 heteroatoms. The highest BCUT2D eigenvalue weighted by molar-refractivity contribution is 7.17. The summed E-state index contributed by atoms with van der Waals surface area (Å²) in [6.45, 7) is 1.89. The molecule has 138 valence electrons. The molecule has 4 rings (SSSR count). The maximum absolute atomic E-state index is 13.1. The van der Waals surface area contributed by atoms with Gasteiger partial charge in [0.05, 0.1) is 17.4 Å². The van der Waals surface area contributed by atoms with Crippen molar-refractivity contribution < 1.29 is 4.79 Å². The molecule has 2 aromatic heterocycles. The van der Waals surface area contributed by atoms with Crippen molar-refractivity contribution in [3.8, 4) is 10.7 Å². The normalized spacial score (nSPS) is 15.6. The molecule has 1 amide bonds. The van der Waals surface area contributed by atoms with Crippen molar-refractivity contribution in [2.75, 3.05) is 0 Å². The summed E-state index contributed by atoms with van der Waals surface area (Å²) in [5.41, 5.74) is 2.75. The molecular formula is C22H23N3OS. The van der Waals surface area contributed by atoms with Gasteiger partial charge in [-0.3, -0.25) is 9.78 Å². The molecule has 2 heterocycles. The second kappa shape index (κ2) is 8.01. The van der Waals surface area contributed by atoms with Gasteiger partial charge >= 0.3 is 0 Å². The van der Waals surface area contributed by atoms with E-state index in [-0.39, 0.29) is 11.9 Å². The van der Waals surface area contributed by atoms with Crippen LogP contribution in [0.1, 0.15) is 52.7 Å². The van der Waals surface area contributed by atoms with E-state index in [0.29, 0.717) is 10.8 Å². The van der Waals surface area contributed by atoms with Gasteiger partial charge in [0.2, 0.25) is 0 Å². The highest BCUT2D eigenvalue weighted by atomic mass is 32.1. The lowest BCUT2D eigenvalue weighted by Gasteiger charge is -2.25. The highest BCUT2D eigenvalue weighted by Crippen LogP contribution is 2.36. The fourth-order valence-electron chi connectivity index (χ4n) is 3.84. The van der Waals surface area contributed by atoms with E-state index in [9.17, 15) is 4.79 Å². The summed E-state index contributed by atoms with van der Waals surface area (Å²) in [4.78, 5) is 22.7. The van der Waals surface area contributed by atoms with Gasteiger partial charge < -0.3 is 5.32 Å². The Kier molecular flexibility index (Phi) is 5.30. The van der Waals surface area contributed by atoms with Crippen LogP contribution in [-0.4, -0.2) is 15.9 Å². The number of nitrogens with one attached hydrogen (secondary N) is 1. The lowest BCUT2D eigenvalue weighted by molar-refractivity contribution is 0.0925. The Bertz CT molecular complexity index is 902. The number of amides is 1. The zero-order valence-electron chi connectivity index (χ0n) is 15.4. The van der Waals surface area contributed by atoms with Gasteiger partial charge in [-0.1, -0.05) is 49.2 Å². The molecular weight excluding hydrogens is 354 g/mol. The quantitative estimate of drug-likeness (QED) is 0.667. The average molecular weight is 378 g/mol. The molecule has 0 aliphatic heterocycles. The van der Waals surface area contributed by atoms with E-state index in [1.165, 1.54) is 42.6 Å². The van der Waals surface area contributed by atoms with Gasteiger partial charge in [-0.05, 0) is 43.4 Å². The van der Waals surface area contributed by atoms with Crippen molar-refractivity contribution in [3.05, 3.63) is 70.9 Å². The SMILES string of the molecule is Cc1nc(-c2ccccn2)sc1C(=O)NC(c1ccccc1)C1CCCC1. The summed E-state index contributed by atoms with van der Waals surface area (Å²) in [7, 11) is 0. The minimum absolute atomic E-state index is 0.0343. The lowest BCUT2D eigenvalue weighted by atomic mass is 9.91. The standard InChI is InChI=1S/C22H23N3OS/c1-15-20(27-22(24-15)18-13-7-8-14-23-18)21(26)25-19(17-11-5-6-12-17)16-9-3-2-4-10-16/h2-4,7-10,13-14,17,19H,5-6,11-12H2,1H3,(H,25,26). The van der Waals surface area contributed by atoms with Gasteiger partial charge in [0.15, 0.2) is 0 Å². The molecule has 1 aliphatic carbocycles. The van der Waals surface area contributed by atoms with Crippen molar-refractivity contribution in [1.82, 2.24) is 15.3 Å². The lowest BCUT2D eigenvalue weighted by Crippen LogP contribution is -2.32. The monoisotopic (exact) mass is 377 g/mol. The van der Waals surface area contributed by atoms with Crippen LogP contribution in [-0.2, 0) is 0 Å². The third-order valence-electron chi connectivity index (χ3n) is 5.20. The maximum Gasteiger partial charge on any atom is 0.263 e. The van der Waals surface area contributed by atoms with Crippen molar-refractivity contribution >= 4 is 17.2 Å². The summed E-state index contributed by atoms with van der Waals surface area (Å²) in [6.07, 6.45) is 6.57. The predicted octanol–water partition coefficient (Wildman–Crippen LogP) is 5.17. The van der Waals surface area contributed by atoms with Crippen LogP contribution in [0.25, 0.3) is 10.7 Å². The van der Waals surface area contributed by atoms with E-state index in [0.717, 1.165) is 16.4 Å². The van der Waals surface area contributed by atoms with Crippen LogP contribution < -0.4 is 5.32 Å². The van der Waals surface area contributed by atoms with Gasteiger partial charge in [0, 0.05) is 6.20 Å². The average Bonchev–Trinajstić information content (AvgIpc) is 3.37. The molecule has 0 saturated heterocycles. The van der Waals surface area contributed by atoms with E-state index < -0.39 is 0 Å². The minimum Gasteiger partial charge on any atom is -0.344 e. The first-order chi connectivity index (χ1) is 13.2. The number of aryl methyl sites for hydroxylation is 1. The Morgan fingerprint density at radius 1 is 1.11 bits per heavy atom. The molecule has 3 aromatic rings. The number of hydrogen-bond donors (Lipinski definition) is 1. The van der Waals surface area contributed by atoms with Crippen LogP contribution in [0.5, 0.6) is 0 Å². The number of nitrogens with zero attached hydrogens (tertiary/aromatic N) is 2. The smallest absolute Gasteiger partial charge is 0.263 e. The molecule has 0 spiro atoms. The predicted molar refractivity (Wildman–Crippen MR) is 109 cm³/mol. The van der Waals surface area contributed by atoms with Gasteiger partial charge in [-0.25, -0.2) is 4.98 Å². The fraction of sp³-hybridized carbons (Fsp3) is 0.318. The molecule has 0 radical (unpaired) electrons. The number of pyridine rings is 1. The Morgan fingerprint density at radius 2 is 1.85 bits per heavy atom. The third-order valence-corrected chi connectivity index (χ3v) is 6.38. The first-order valence-corrected chi connectivity index (χ1v) is 10.3. The van der Waals surface area contributed by atoms with E-state index in [1.54, 1.807) is 6.20 Å². The topological polar surface area (TPSA) is 54.9 Å². The van der Waals surface area contributed by atoms with Crippen molar-refractivity contribution in [3.63, 3.8) is 0 Å². The molecule has 1 N–H and O–H groups in total. The van der Waals surface area contributed by atoms with Crippen molar-refractivity contribution in [2.45, 2.75) is 38.6 Å². The number of benzene rings is 1. The summed E-state index contributed by atoms with van der Waals surface area (Å²) in [6, 6.07) is 16.1. The molecule has 1 atom stereocenters. The second-order valence-corrected chi connectivity index (χ2v) is 8.05. The number of carbonyl (C=O) groups excluding carboxylic acids is 1. The summed E-state index contributed by atoms with van der Waals surface area (Å²) in [5.74, 6) is 0.466. The molecule has 1 aliphatic rings. The van der Waals surface area contributed by atoms with Crippen LogP contribution in [0.2, 0.25) is 0 Å². The molecule has 1 saturated carbocycles. The summed E-state index contributed by atoms with van der Waals surface area (Å²) >= 11 is 1.41. The third kappa shape index (κ3) is 3.93. The number of rotatable bonds is 5. The maximum atomic E-state index is 13.1. The van der Waals surface area contributed by atoms with Crippen molar-refractivity contribution in [2.24, 2.45) is 5.92 Å². The number of hydrogen-bond acceptors (Lipinski definition) is 4. The Hall–Kier alpha value is -2.53. The summed E-state index contributed by atoms with van der Waals surface area (Å²) in [5, 5.41) is 4.10. The molecule has 4 nitrogen and oxygen atoms in total. The van der Waals surface area contributed by atoms with E-state index in [2.05, 4.69) is 27.4 Å². The zero-order chi connectivity index (χ0) is 18.6. The number of carbonyl (C=O) groups is 1. The van der Waals surface area contributed by atoms with E-state index in [1.807, 2.05) is 43.3 Å². The Labute approximate surface area is 163 Å². The van der Waals surface area contributed by atoms with Crippen molar-refractivity contribution in [1.29, 1.82) is 0 Å². The minimum atomic E-state index is -0.0343. The first kappa shape index (κ1) is 17.9. The molecule has 1 fully saturated rings. The van der Waals surface area contributed by atoms with Crippen LogP contribution in [0.15, 0.2) is 54.7 Å². The van der Waals surface area contributed by atoms with Gasteiger partial charge in [-0.2, -0.15) is 0 Å². The molecule has 27 heavy (non-hydrogen) atoms. The Morgan fingerprint density at radius 3 is 2.56 bits per heavy atom. The first-order valence-electron chi connectivity index (χ1n) is 9.47. The van der Waals surface area contributed by atoms with Gasteiger partial charge in [0.25, 0.3) is 5.91 Å². The Balaban J connectivity index is 1.59. The fourth-order valence-corrected chi connectivity index (χ4v) is 4.78. The summed E-state index contributed by atoms with van der Waals surface area (Å²) < 4.78 is 0. The van der Waals surface area contributed by atoms with Crippen LogP contribution in [0, 0.1) is 12.8 Å². The van der Waals surface area contributed by atoms with E-state index >= 15 is 0 Å². The van der Waals surface area contributed by atoms with Crippen LogP contribution in [0.3, 0.4) is 0 Å². The van der Waals surface area contributed by atoms with Gasteiger partial charge in [-0.15, -0.1) is 11.3 Å². The van der Waals surface area contributed by atoms with Crippen LogP contribution >= 0.6 is 11.3 Å². The molecule has 0 bridgehead atoms.